The van der Waals surface area contributed by atoms with Crippen LogP contribution in [0, 0.1) is 11.8 Å². The van der Waals surface area contributed by atoms with Crippen LogP contribution < -0.4 is 5.32 Å². The minimum absolute atomic E-state index is 0.0903. The van der Waals surface area contributed by atoms with Crippen LogP contribution in [0.5, 0.6) is 0 Å². The van der Waals surface area contributed by atoms with Crippen molar-refractivity contribution in [3.8, 4) is 0 Å². The summed E-state index contributed by atoms with van der Waals surface area (Å²) in [6, 6.07) is 2.79. The molecule has 162 valence electrons. The predicted molar refractivity (Wildman–Crippen MR) is 108 cm³/mol. The predicted octanol–water partition coefficient (Wildman–Crippen LogP) is 2.26. The van der Waals surface area contributed by atoms with Crippen LogP contribution in [-0.4, -0.2) is 46.8 Å². The lowest BCUT2D eigenvalue weighted by atomic mass is 9.95. The zero-order valence-electron chi connectivity index (χ0n) is 17.2. The van der Waals surface area contributed by atoms with Crippen LogP contribution in [0.4, 0.5) is 0 Å². The molecule has 30 heavy (non-hydrogen) atoms. The summed E-state index contributed by atoms with van der Waals surface area (Å²) in [5.74, 6) is 1.29. The summed E-state index contributed by atoms with van der Waals surface area (Å²) in [7, 11) is -3.58. The highest BCUT2D eigenvalue weighted by molar-refractivity contribution is 7.89. The van der Waals surface area contributed by atoms with Gasteiger partial charge in [-0.2, -0.15) is 9.29 Å². The smallest absolute Gasteiger partial charge is 0.249 e. The van der Waals surface area contributed by atoms with Gasteiger partial charge in [0.25, 0.3) is 0 Å². The molecule has 1 amide bonds. The van der Waals surface area contributed by atoms with Crippen LogP contribution in [0.1, 0.15) is 63.2 Å². The van der Waals surface area contributed by atoms with Gasteiger partial charge in [-0.25, -0.2) is 8.42 Å². The number of amides is 1. The Morgan fingerprint density at radius 3 is 2.57 bits per heavy atom. The summed E-state index contributed by atoms with van der Waals surface area (Å²) < 4.78 is 32.3. The van der Waals surface area contributed by atoms with E-state index in [1.54, 1.807) is 6.07 Å². The Balaban J connectivity index is 1.37. The van der Waals surface area contributed by atoms with Gasteiger partial charge in [-0.1, -0.05) is 19.0 Å². The van der Waals surface area contributed by atoms with Crippen molar-refractivity contribution in [2.75, 3.05) is 13.1 Å². The number of nitrogens with one attached hydrogen (secondary N) is 1. The second-order valence-electron chi connectivity index (χ2n) is 8.36. The van der Waals surface area contributed by atoms with Gasteiger partial charge in [0.2, 0.25) is 21.8 Å². The van der Waals surface area contributed by atoms with E-state index in [0.29, 0.717) is 37.7 Å². The van der Waals surface area contributed by atoms with Gasteiger partial charge in [0, 0.05) is 37.3 Å². The standard InChI is InChI=1S/C20H27N5O4S/c1-13(2)17(20-23-18(24-29-20)14-5-6-14)22-19(26)15-7-10-25(11-8-15)30(27,28)16-4-3-9-21-12-16/h3-4,9,12-15,17H,5-8,10-11H2,1-2H3,(H,22,26). The lowest BCUT2D eigenvalue weighted by Gasteiger charge is -2.31. The maximum atomic E-state index is 12.9. The molecule has 1 aliphatic carbocycles. The molecule has 0 aromatic carbocycles. The van der Waals surface area contributed by atoms with Gasteiger partial charge in [0.15, 0.2) is 5.82 Å². The molecule has 2 aromatic rings. The first kappa shape index (κ1) is 20.9. The molecule has 0 radical (unpaired) electrons. The van der Waals surface area contributed by atoms with Crippen LogP contribution in [0.25, 0.3) is 0 Å². The second-order valence-corrected chi connectivity index (χ2v) is 10.3. The lowest BCUT2D eigenvalue weighted by Crippen LogP contribution is -2.44. The first-order valence-corrected chi connectivity index (χ1v) is 11.8. The van der Waals surface area contributed by atoms with Crippen LogP contribution in [0.2, 0.25) is 0 Å². The van der Waals surface area contributed by atoms with E-state index in [9.17, 15) is 13.2 Å². The first-order valence-electron chi connectivity index (χ1n) is 10.4. The first-order chi connectivity index (χ1) is 14.4. The molecule has 1 unspecified atom stereocenters. The Morgan fingerprint density at radius 2 is 1.97 bits per heavy atom. The largest absolute Gasteiger partial charge is 0.344 e. The van der Waals surface area contributed by atoms with Crippen molar-refractivity contribution in [3.63, 3.8) is 0 Å². The highest BCUT2D eigenvalue weighted by Gasteiger charge is 2.35. The molecule has 1 aliphatic heterocycles. The van der Waals surface area contributed by atoms with Gasteiger partial charge in [0.05, 0.1) is 0 Å². The second kappa shape index (κ2) is 8.43. The normalized spacial score (nSPS) is 19.7. The number of carbonyl (C=O) groups excluding carboxylic acids is 1. The number of hydrogen-bond donors (Lipinski definition) is 1. The zero-order valence-corrected chi connectivity index (χ0v) is 18.0. The van der Waals surface area contributed by atoms with E-state index in [2.05, 4.69) is 20.4 Å². The van der Waals surface area contributed by atoms with Crippen molar-refractivity contribution in [2.45, 2.75) is 56.4 Å². The SMILES string of the molecule is CC(C)C(NC(=O)C1CCN(S(=O)(=O)c2cccnc2)CC1)c1nc(C2CC2)no1. The number of sulfonamides is 1. The molecule has 0 bridgehead atoms. The van der Waals surface area contributed by atoms with E-state index < -0.39 is 10.0 Å². The number of hydrogen-bond acceptors (Lipinski definition) is 7. The Kier molecular flexibility index (Phi) is 5.88. The average molecular weight is 434 g/mol. The third-order valence-corrected chi connectivity index (χ3v) is 7.61. The molecule has 0 spiro atoms. The summed E-state index contributed by atoms with van der Waals surface area (Å²) in [5, 5.41) is 7.10. The molecule has 4 rings (SSSR count). The summed E-state index contributed by atoms with van der Waals surface area (Å²) in [4.78, 5) is 21.4. The van der Waals surface area contributed by atoms with Crippen LogP contribution in [0.15, 0.2) is 33.9 Å². The van der Waals surface area contributed by atoms with E-state index in [1.807, 2.05) is 13.8 Å². The minimum atomic E-state index is -3.58. The molecular formula is C20H27N5O4S. The molecule has 9 nitrogen and oxygen atoms in total. The van der Waals surface area contributed by atoms with E-state index >= 15 is 0 Å². The Morgan fingerprint density at radius 1 is 1.23 bits per heavy atom. The van der Waals surface area contributed by atoms with Crippen molar-refractivity contribution in [3.05, 3.63) is 36.2 Å². The molecular weight excluding hydrogens is 406 g/mol. The molecule has 1 saturated carbocycles. The van der Waals surface area contributed by atoms with Gasteiger partial charge in [-0.3, -0.25) is 9.78 Å². The summed E-state index contributed by atoms with van der Waals surface area (Å²) in [6.07, 6.45) is 5.98. The fourth-order valence-electron chi connectivity index (χ4n) is 3.67. The minimum Gasteiger partial charge on any atom is -0.344 e. The summed E-state index contributed by atoms with van der Waals surface area (Å²) in [6.45, 7) is 4.59. The number of pyridine rings is 1. The van der Waals surface area contributed by atoms with Crippen LogP contribution in [0.3, 0.4) is 0 Å². The zero-order chi connectivity index (χ0) is 21.3. The van der Waals surface area contributed by atoms with Crippen molar-refractivity contribution in [2.24, 2.45) is 11.8 Å². The van der Waals surface area contributed by atoms with Crippen LogP contribution in [-0.2, 0) is 14.8 Å². The number of carbonyl (C=O) groups is 1. The van der Waals surface area contributed by atoms with E-state index in [-0.39, 0.29) is 28.7 Å². The Labute approximate surface area is 176 Å². The molecule has 2 aromatic heterocycles. The molecule has 1 atom stereocenters. The monoisotopic (exact) mass is 433 g/mol. The molecule has 1 saturated heterocycles. The maximum absolute atomic E-state index is 12.9. The van der Waals surface area contributed by atoms with Gasteiger partial charge in [-0.15, -0.1) is 0 Å². The lowest BCUT2D eigenvalue weighted by molar-refractivity contribution is -0.127. The van der Waals surface area contributed by atoms with Gasteiger partial charge in [0.1, 0.15) is 10.9 Å². The van der Waals surface area contributed by atoms with E-state index in [4.69, 9.17) is 4.52 Å². The topological polar surface area (TPSA) is 118 Å². The quantitative estimate of drug-likeness (QED) is 0.711. The Bertz CT molecular complexity index is 980. The summed E-state index contributed by atoms with van der Waals surface area (Å²) in [5.41, 5.74) is 0. The van der Waals surface area contributed by atoms with Crippen molar-refractivity contribution in [1.82, 2.24) is 24.7 Å². The maximum Gasteiger partial charge on any atom is 0.249 e. The van der Waals surface area contributed by atoms with E-state index in [0.717, 1.165) is 18.7 Å². The highest BCUT2D eigenvalue weighted by atomic mass is 32.2. The van der Waals surface area contributed by atoms with Crippen LogP contribution >= 0.6 is 0 Å². The van der Waals surface area contributed by atoms with Gasteiger partial charge < -0.3 is 9.84 Å². The molecule has 10 heteroatoms. The highest BCUT2D eigenvalue weighted by Crippen LogP contribution is 2.38. The number of nitrogens with zero attached hydrogens (tertiary/aromatic N) is 4. The fourth-order valence-corrected chi connectivity index (χ4v) is 5.11. The van der Waals surface area contributed by atoms with Gasteiger partial charge in [-0.05, 0) is 43.7 Å². The van der Waals surface area contributed by atoms with E-state index in [1.165, 1.54) is 22.8 Å². The molecule has 3 heterocycles. The van der Waals surface area contributed by atoms with Crippen molar-refractivity contribution in [1.29, 1.82) is 0 Å². The van der Waals surface area contributed by atoms with Crippen molar-refractivity contribution < 1.29 is 17.7 Å². The van der Waals surface area contributed by atoms with Crippen molar-refractivity contribution >= 4 is 15.9 Å². The third-order valence-electron chi connectivity index (χ3n) is 5.73. The molecule has 2 fully saturated rings. The van der Waals surface area contributed by atoms with Gasteiger partial charge >= 0.3 is 0 Å². The number of aromatic nitrogens is 3. The Hall–Kier alpha value is -2.33. The molecule has 2 aliphatic rings. The number of rotatable bonds is 7. The third kappa shape index (κ3) is 4.39. The summed E-state index contributed by atoms with van der Waals surface area (Å²) >= 11 is 0. The number of piperidine rings is 1. The average Bonchev–Trinajstić information content (AvgIpc) is 3.49. The fraction of sp³-hybridized carbons (Fsp3) is 0.600. The molecule has 1 N–H and O–H groups in total.